The van der Waals surface area contributed by atoms with Gasteiger partial charge < -0.3 is 8.85 Å². The molecule has 0 aromatic heterocycles. The lowest BCUT2D eigenvalue weighted by Gasteiger charge is -2.26. The van der Waals surface area contributed by atoms with Gasteiger partial charge in [0.25, 0.3) is 0 Å². The van der Waals surface area contributed by atoms with Gasteiger partial charge in [0, 0.05) is 6.61 Å². The number of benzene rings is 1. The highest BCUT2D eigenvalue weighted by molar-refractivity contribution is 6.18. The van der Waals surface area contributed by atoms with Crippen LogP contribution in [0, 0.1) is 0 Å². The first-order valence-corrected chi connectivity index (χ1v) is 6.59. The molecule has 0 N–H and O–H groups in total. The fourth-order valence-electron chi connectivity index (χ4n) is 1.32. The lowest BCUT2D eigenvalue weighted by atomic mass is 9.99. The molecule has 0 amide bonds. The lowest BCUT2D eigenvalue weighted by Crippen LogP contribution is -2.25. The quantitative estimate of drug-likeness (QED) is 0.545. The third-order valence-electron chi connectivity index (χ3n) is 2.32. The van der Waals surface area contributed by atoms with Crippen molar-refractivity contribution >= 4 is 10.0 Å². The molecule has 0 radical (unpaired) electrons. The van der Waals surface area contributed by atoms with Crippen LogP contribution in [0.5, 0.6) is 0 Å². The summed E-state index contributed by atoms with van der Waals surface area (Å²) in [6.07, 6.45) is 1.06. The molecule has 1 rings (SSSR count). The van der Waals surface area contributed by atoms with E-state index in [2.05, 4.69) is 32.9 Å². The second-order valence-electron chi connectivity index (χ2n) is 4.05. The van der Waals surface area contributed by atoms with Crippen LogP contribution >= 0.6 is 0 Å². The molecular weight excluding hydrogens is 204 g/mol. The summed E-state index contributed by atoms with van der Waals surface area (Å²) in [4.78, 5) is 0. The molecule has 0 heterocycles. The van der Waals surface area contributed by atoms with Gasteiger partial charge in [0.2, 0.25) is 0 Å². The van der Waals surface area contributed by atoms with E-state index >= 15 is 0 Å². The van der Waals surface area contributed by atoms with E-state index in [4.69, 9.17) is 8.85 Å². The van der Waals surface area contributed by atoms with Crippen LogP contribution in [0.1, 0.15) is 32.8 Å². The fourth-order valence-corrected chi connectivity index (χ4v) is 2.27. The zero-order valence-corrected chi connectivity index (χ0v) is 11.2. The van der Waals surface area contributed by atoms with Crippen molar-refractivity contribution in [2.75, 3.05) is 6.61 Å². The largest absolute Gasteiger partial charge is 0.399 e. The summed E-state index contributed by atoms with van der Waals surface area (Å²) in [7, 11) is -0.848. The number of hydrogen-bond donors (Lipinski definition) is 0. The molecule has 0 aliphatic heterocycles. The van der Waals surface area contributed by atoms with Crippen LogP contribution in [-0.4, -0.2) is 16.6 Å². The van der Waals surface area contributed by atoms with E-state index in [0.717, 1.165) is 13.0 Å². The SMILES string of the molecule is CCCO[SiH2]OC(C)(C)c1ccccc1. The molecule has 1 aromatic rings. The second kappa shape index (κ2) is 6.05. The van der Waals surface area contributed by atoms with Gasteiger partial charge in [-0.25, -0.2) is 0 Å². The molecule has 3 heteroatoms. The van der Waals surface area contributed by atoms with Crippen LogP contribution in [0.2, 0.25) is 0 Å². The molecular formula is C12H20O2Si. The summed E-state index contributed by atoms with van der Waals surface area (Å²) in [5, 5.41) is 0. The normalized spacial score (nSPS) is 12.5. The first-order chi connectivity index (χ1) is 7.17. The van der Waals surface area contributed by atoms with E-state index in [9.17, 15) is 0 Å². The highest BCUT2D eigenvalue weighted by Gasteiger charge is 2.20. The Balaban J connectivity index is 2.45. The Morgan fingerprint density at radius 1 is 1.20 bits per heavy atom. The van der Waals surface area contributed by atoms with E-state index in [1.54, 1.807) is 0 Å². The maximum Gasteiger partial charge on any atom is 0.305 e. The van der Waals surface area contributed by atoms with Gasteiger partial charge in [-0.15, -0.1) is 0 Å². The Hall–Kier alpha value is -0.643. The standard InChI is InChI=1S/C12H20O2Si/c1-4-10-13-15-14-12(2,3)11-8-6-5-7-9-11/h5-9H,4,10,15H2,1-3H3. The zero-order valence-electron chi connectivity index (χ0n) is 9.82. The minimum absolute atomic E-state index is 0.221. The van der Waals surface area contributed by atoms with Crippen LogP contribution < -0.4 is 0 Å². The molecule has 0 fully saturated rings. The molecule has 84 valence electrons. The van der Waals surface area contributed by atoms with Crippen molar-refractivity contribution in [3.63, 3.8) is 0 Å². The van der Waals surface area contributed by atoms with Crippen molar-refractivity contribution in [1.82, 2.24) is 0 Å². The summed E-state index contributed by atoms with van der Waals surface area (Å²) >= 11 is 0. The van der Waals surface area contributed by atoms with Crippen molar-refractivity contribution in [1.29, 1.82) is 0 Å². The van der Waals surface area contributed by atoms with Gasteiger partial charge in [0.15, 0.2) is 0 Å². The Labute approximate surface area is 94.7 Å². The van der Waals surface area contributed by atoms with Gasteiger partial charge in [0.1, 0.15) is 0 Å². The molecule has 0 spiro atoms. The highest BCUT2D eigenvalue weighted by atomic mass is 28.3. The van der Waals surface area contributed by atoms with Crippen molar-refractivity contribution < 1.29 is 8.85 Å². The summed E-state index contributed by atoms with van der Waals surface area (Å²) in [5.74, 6) is 0. The van der Waals surface area contributed by atoms with Gasteiger partial charge in [-0.1, -0.05) is 37.3 Å². The average molecular weight is 224 g/mol. The summed E-state index contributed by atoms with van der Waals surface area (Å²) in [5.41, 5.74) is 0.985. The Bertz CT molecular complexity index is 272. The van der Waals surface area contributed by atoms with Crippen LogP contribution in [0.3, 0.4) is 0 Å². The van der Waals surface area contributed by atoms with E-state index in [-0.39, 0.29) is 5.60 Å². The first kappa shape index (κ1) is 12.4. The van der Waals surface area contributed by atoms with E-state index < -0.39 is 10.0 Å². The van der Waals surface area contributed by atoms with Crippen LogP contribution in [0.15, 0.2) is 30.3 Å². The molecule has 0 saturated heterocycles. The van der Waals surface area contributed by atoms with Crippen molar-refractivity contribution in [2.45, 2.75) is 32.8 Å². The summed E-state index contributed by atoms with van der Waals surface area (Å²) in [6, 6.07) is 10.3. The Morgan fingerprint density at radius 2 is 1.87 bits per heavy atom. The maximum absolute atomic E-state index is 5.83. The van der Waals surface area contributed by atoms with Gasteiger partial charge in [-0.3, -0.25) is 0 Å². The summed E-state index contributed by atoms with van der Waals surface area (Å²) < 4.78 is 11.3. The van der Waals surface area contributed by atoms with Crippen LogP contribution in [0.4, 0.5) is 0 Å². The fraction of sp³-hybridized carbons (Fsp3) is 0.500. The average Bonchev–Trinajstić information content (AvgIpc) is 2.26. The van der Waals surface area contributed by atoms with E-state index in [1.165, 1.54) is 5.56 Å². The Morgan fingerprint density at radius 3 is 2.47 bits per heavy atom. The molecule has 1 aromatic carbocycles. The van der Waals surface area contributed by atoms with Gasteiger partial charge >= 0.3 is 10.0 Å². The summed E-state index contributed by atoms with van der Waals surface area (Å²) in [6.45, 7) is 7.10. The highest BCUT2D eigenvalue weighted by Crippen LogP contribution is 2.23. The molecule has 0 saturated carbocycles. The van der Waals surface area contributed by atoms with Crippen molar-refractivity contribution in [2.24, 2.45) is 0 Å². The molecule has 0 unspecified atom stereocenters. The molecule has 0 atom stereocenters. The minimum Gasteiger partial charge on any atom is -0.399 e. The smallest absolute Gasteiger partial charge is 0.305 e. The molecule has 15 heavy (non-hydrogen) atoms. The lowest BCUT2D eigenvalue weighted by molar-refractivity contribution is 0.0796. The van der Waals surface area contributed by atoms with Gasteiger partial charge in [-0.05, 0) is 25.8 Å². The van der Waals surface area contributed by atoms with Crippen molar-refractivity contribution in [3.05, 3.63) is 35.9 Å². The topological polar surface area (TPSA) is 18.5 Å². The molecule has 0 aliphatic rings. The van der Waals surface area contributed by atoms with Crippen LogP contribution in [-0.2, 0) is 14.5 Å². The van der Waals surface area contributed by atoms with Gasteiger partial charge in [0.05, 0.1) is 5.60 Å². The monoisotopic (exact) mass is 224 g/mol. The van der Waals surface area contributed by atoms with Crippen molar-refractivity contribution in [3.8, 4) is 0 Å². The predicted molar refractivity (Wildman–Crippen MR) is 65.3 cm³/mol. The first-order valence-electron chi connectivity index (χ1n) is 5.44. The molecule has 0 aliphatic carbocycles. The third kappa shape index (κ3) is 4.16. The number of hydrogen-bond acceptors (Lipinski definition) is 2. The predicted octanol–water partition coefficient (Wildman–Crippen LogP) is 2.36. The molecule has 2 nitrogen and oxygen atoms in total. The Kier molecular flexibility index (Phi) is 5.01. The molecule has 0 bridgehead atoms. The van der Waals surface area contributed by atoms with Crippen LogP contribution in [0.25, 0.3) is 0 Å². The number of rotatable bonds is 6. The van der Waals surface area contributed by atoms with Gasteiger partial charge in [-0.2, -0.15) is 0 Å². The second-order valence-corrected chi connectivity index (χ2v) is 4.98. The maximum atomic E-state index is 5.83. The zero-order chi connectivity index (χ0) is 11.1. The van der Waals surface area contributed by atoms with E-state index in [1.807, 2.05) is 18.2 Å². The minimum atomic E-state index is -0.848. The van der Waals surface area contributed by atoms with E-state index in [0.29, 0.717) is 0 Å². The third-order valence-corrected chi connectivity index (χ3v) is 3.62.